The van der Waals surface area contributed by atoms with Crippen LogP contribution in [-0.2, 0) is 9.47 Å². The zero-order valence-corrected chi connectivity index (χ0v) is 16.7. The highest BCUT2D eigenvalue weighted by Crippen LogP contribution is 2.34. The molecule has 0 spiro atoms. The molecule has 0 aliphatic rings. The lowest BCUT2D eigenvalue weighted by Crippen LogP contribution is -2.27. The molecule has 1 aromatic heterocycles. The second kappa shape index (κ2) is 7.38. The van der Waals surface area contributed by atoms with Crippen molar-refractivity contribution in [3.05, 3.63) is 53.6 Å². The Kier molecular flexibility index (Phi) is 5.14. The lowest BCUT2D eigenvalue weighted by atomic mass is 10.0. The monoisotopic (exact) mass is 380 g/mol. The van der Waals surface area contributed by atoms with E-state index in [0.717, 1.165) is 27.7 Å². The van der Waals surface area contributed by atoms with Crippen LogP contribution in [0.15, 0.2) is 42.5 Å². The fourth-order valence-electron chi connectivity index (χ4n) is 3.08. The maximum absolute atomic E-state index is 12.2. The van der Waals surface area contributed by atoms with Crippen LogP contribution in [0, 0.1) is 6.92 Å². The van der Waals surface area contributed by atoms with Gasteiger partial charge in [-0.2, -0.15) is 0 Å². The number of carbonyl (C=O) groups is 2. The first-order valence-corrected chi connectivity index (χ1v) is 8.99. The maximum atomic E-state index is 12.2. The van der Waals surface area contributed by atoms with E-state index >= 15 is 0 Å². The molecule has 3 aromatic rings. The lowest BCUT2D eigenvalue weighted by molar-refractivity contribution is 0.0598. The minimum absolute atomic E-state index is 0.386. The van der Waals surface area contributed by atoms with Crippen molar-refractivity contribution in [1.82, 2.24) is 4.98 Å². The van der Waals surface area contributed by atoms with Gasteiger partial charge in [0.25, 0.3) is 0 Å². The van der Waals surface area contributed by atoms with Gasteiger partial charge in [-0.25, -0.2) is 9.59 Å². The number of aromatic nitrogens is 1. The van der Waals surface area contributed by atoms with Crippen molar-refractivity contribution >= 4 is 28.7 Å². The van der Waals surface area contributed by atoms with Crippen molar-refractivity contribution in [3.8, 4) is 11.3 Å². The Hall–Kier alpha value is -3.28. The molecule has 0 saturated carbocycles. The fraction of sp³-hybridized carbons (Fsp3) is 0.273. The summed E-state index contributed by atoms with van der Waals surface area (Å²) in [6, 6.07) is 12.9. The highest BCUT2D eigenvalue weighted by molar-refractivity contribution is 5.99. The summed E-state index contributed by atoms with van der Waals surface area (Å²) >= 11 is 0. The molecule has 1 amide bonds. The molecule has 0 aliphatic heterocycles. The van der Waals surface area contributed by atoms with E-state index in [-0.39, 0.29) is 5.97 Å². The first-order valence-electron chi connectivity index (χ1n) is 8.99. The molecule has 0 saturated heterocycles. The number of aryl methyl sites for hydroxylation is 1. The molecule has 2 N–H and O–H groups in total. The highest BCUT2D eigenvalue weighted by atomic mass is 16.6. The molecule has 0 aliphatic carbocycles. The van der Waals surface area contributed by atoms with Crippen LogP contribution in [0.1, 0.15) is 36.7 Å². The number of fused-ring (bicyclic) bond motifs is 1. The minimum atomic E-state index is -0.583. The number of amides is 1. The Morgan fingerprint density at radius 2 is 1.79 bits per heavy atom. The van der Waals surface area contributed by atoms with E-state index in [9.17, 15) is 9.59 Å². The number of para-hydroxylation sites is 1. The third kappa shape index (κ3) is 4.01. The van der Waals surface area contributed by atoms with Gasteiger partial charge in [-0.1, -0.05) is 24.3 Å². The van der Waals surface area contributed by atoms with Gasteiger partial charge < -0.3 is 14.5 Å². The summed E-state index contributed by atoms with van der Waals surface area (Å²) in [4.78, 5) is 27.4. The zero-order chi connectivity index (χ0) is 20.5. The van der Waals surface area contributed by atoms with Crippen molar-refractivity contribution in [2.24, 2.45) is 0 Å². The van der Waals surface area contributed by atoms with Crippen molar-refractivity contribution in [3.63, 3.8) is 0 Å². The fourth-order valence-corrected chi connectivity index (χ4v) is 3.08. The van der Waals surface area contributed by atoms with Gasteiger partial charge in [0.2, 0.25) is 0 Å². The molecule has 6 heteroatoms. The first-order chi connectivity index (χ1) is 13.2. The molecule has 0 fully saturated rings. The predicted molar refractivity (Wildman–Crippen MR) is 110 cm³/mol. The number of methoxy groups -OCH3 is 1. The van der Waals surface area contributed by atoms with Gasteiger partial charge >= 0.3 is 12.1 Å². The molecule has 0 atom stereocenters. The molecular weight excluding hydrogens is 356 g/mol. The Balaban J connectivity index is 2.02. The van der Waals surface area contributed by atoms with Gasteiger partial charge in [-0.3, -0.25) is 5.32 Å². The number of rotatable bonds is 3. The molecule has 0 radical (unpaired) electrons. The normalized spacial score (nSPS) is 11.3. The average molecular weight is 380 g/mol. The zero-order valence-electron chi connectivity index (χ0n) is 16.7. The van der Waals surface area contributed by atoms with Gasteiger partial charge in [-0.05, 0) is 51.5 Å². The molecule has 0 bridgehead atoms. The number of anilines is 1. The Bertz CT molecular complexity index is 1040. The summed E-state index contributed by atoms with van der Waals surface area (Å²) in [6.45, 7) is 7.45. The number of esters is 1. The smallest absolute Gasteiger partial charge is 0.412 e. The van der Waals surface area contributed by atoms with Gasteiger partial charge in [0.1, 0.15) is 5.60 Å². The van der Waals surface area contributed by atoms with E-state index in [1.807, 2.05) is 58.0 Å². The minimum Gasteiger partial charge on any atom is -0.465 e. The summed E-state index contributed by atoms with van der Waals surface area (Å²) in [5, 5.41) is 3.82. The topological polar surface area (TPSA) is 80.4 Å². The third-order valence-electron chi connectivity index (χ3n) is 4.31. The molecule has 2 aromatic carbocycles. The summed E-state index contributed by atoms with van der Waals surface area (Å²) in [5.41, 5.74) is 4.07. The summed E-state index contributed by atoms with van der Waals surface area (Å²) < 4.78 is 10.2. The maximum Gasteiger partial charge on any atom is 0.412 e. The molecule has 6 nitrogen and oxygen atoms in total. The first kappa shape index (κ1) is 19.5. The number of hydrogen-bond donors (Lipinski definition) is 2. The van der Waals surface area contributed by atoms with Crippen LogP contribution >= 0.6 is 0 Å². The van der Waals surface area contributed by atoms with Crippen LogP contribution < -0.4 is 5.32 Å². The van der Waals surface area contributed by atoms with Crippen LogP contribution in [0.4, 0.5) is 10.5 Å². The number of H-pyrrole nitrogens is 1. The lowest BCUT2D eigenvalue weighted by Gasteiger charge is -2.20. The summed E-state index contributed by atoms with van der Waals surface area (Å²) in [6.07, 6.45) is -0.512. The number of hydrogen-bond acceptors (Lipinski definition) is 4. The van der Waals surface area contributed by atoms with Gasteiger partial charge in [0.15, 0.2) is 0 Å². The van der Waals surface area contributed by atoms with Gasteiger partial charge in [0.05, 0.1) is 24.1 Å². The Morgan fingerprint density at radius 3 is 2.46 bits per heavy atom. The largest absolute Gasteiger partial charge is 0.465 e. The number of carbonyl (C=O) groups excluding carboxylic acids is 2. The Labute approximate surface area is 163 Å². The van der Waals surface area contributed by atoms with Crippen molar-refractivity contribution in [2.75, 3.05) is 12.4 Å². The third-order valence-corrected chi connectivity index (χ3v) is 4.31. The van der Waals surface area contributed by atoms with Gasteiger partial charge in [-0.15, -0.1) is 0 Å². The number of nitrogens with one attached hydrogen (secondary N) is 2. The van der Waals surface area contributed by atoms with E-state index in [0.29, 0.717) is 11.3 Å². The molecule has 1 heterocycles. The molecule has 0 unspecified atom stereocenters. The second-order valence-electron chi connectivity index (χ2n) is 7.55. The van der Waals surface area contributed by atoms with Crippen LogP contribution in [0.5, 0.6) is 0 Å². The van der Waals surface area contributed by atoms with E-state index in [4.69, 9.17) is 9.47 Å². The Morgan fingerprint density at radius 1 is 1.07 bits per heavy atom. The molecule has 3 rings (SSSR count). The molecular formula is C22H24N2O4. The quantitative estimate of drug-likeness (QED) is 0.606. The van der Waals surface area contributed by atoms with E-state index in [2.05, 4.69) is 10.3 Å². The van der Waals surface area contributed by atoms with Crippen LogP contribution in [-0.4, -0.2) is 29.8 Å². The predicted octanol–water partition coefficient (Wildman–Crippen LogP) is 5.28. The highest BCUT2D eigenvalue weighted by Gasteiger charge is 2.19. The van der Waals surface area contributed by atoms with E-state index in [1.54, 1.807) is 12.1 Å². The van der Waals surface area contributed by atoms with Crippen LogP contribution in [0.25, 0.3) is 22.2 Å². The van der Waals surface area contributed by atoms with Crippen LogP contribution in [0.3, 0.4) is 0 Å². The van der Waals surface area contributed by atoms with E-state index < -0.39 is 11.7 Å². The second-order valence-corrected chi connectivity index (χ2v) is 7.55. The molecule has 146 valence electrons. The van der Waals surface area contributed by atoms with E-state index in [1.165, 1.54) is 7.11 Å². The summed E-state index contributed by atoms with van der Waals surface area (Å²) in [5.74, 6) is -0.386. The number of aromatic amines is 1. The van der Waals surface area contributed by atoms with Crippen molar-refractivity contribution < 1.29 is 19.1 Å². The molecule has 28 heavy (non-hydrogen) atoms. The number of benzene rings is 2. The summed E-state index contributed by atoms with van der Waals surface area (Å²) in [7, 11) is 1.36. The SMILES string of the molecule is COC(=O)c1ccc2c(C)c(-c3ccccc3NC(=O)OC(C)(C)C)[nH]c2c1. The number of ether oxygens (including phenoxy) is 2. The van der Waals surface area contributed by atoms with Gasteiger partial charge in [0, 0.05) is 16.5 Å². The van der Waals surface area contributed by atoms with Crippen LogP contribution in [0.2, 0.25) is 0 Å². The van der Waals surface area contributed by atoms with Crippen molar-refractivity contribution in [1.29, 1.82) is 0 Å². The van der Waals surface area contributed by atoms with Crippen molar-refractivity contribution in [2.45, 2.75) is 33.3 Å². The standard InChI is InChI=1S/C22H24N2O4/c1-13-15-11-10-14(20(25)27-5)12-18(15)23-19(13)16-8-6-7-9-17(16)24-21(26)28-22(2,3)4/h6-12,23H,1-5H3,(H,24,26). The average Bonchev–Trinajstić information content (AvgIpc) is 2.96.